The van der Waals surface area contributed by atoms with Crippen molar-refractivity contribution in [2.24, 2.45) is 5.92 Å². The van der Waals surface area contributed by atoms with Crippen molar-refractivity contribution in [3.05, 3.63) is 28.8 Å². The highest BCUT2D eigenvalue weighted by molar-refractivity contribution is 6.30. The quantitative estimate of drug-likeness (QED) is 0.789. The van der Waals surface area contributed by atoms with Gasteiger partial charge in [-0.05, 0) is 38.2 Å². The summed E-state index contributed by atoms with van der Waals surface area (Å²) in [5.74, 6) is -2.08. The Balaban J connectivity index is 1.88. The fourth-order valence-corrected chi connectivity index (χ4v) is 2.39. The lowest BCUT2D eigenvalue weighted by Crippen LogP contribution is -2.20. The van der Waals surface area contributed by atoms with E-state index in [1.165, 1.54) is 0 Å². The van der Waals surface area contributed by atoms with Gasteiger partial charge in [-0.1, -0.05) is 11.6 Å². The SMILES string of the molecule is COc1ccc(Cl)cc1CN(C)CCC1CC1(F)F. The van der Waals surface area contributed by atoms with Crippen molar-refractivity contribution in [1.82, 2.24) is 4.90 Å². The third kappa shape index (κ3) is 3.80. The standard InChI is InChI=1S/C14H18ClF2NO/c1-18(6-5-11-8-14(11,16)17)9-10-7-12(15)3-4-13(10)19-2/h3-4,7,11H,5-6,8-9H2,1-2H3. The number of halogens is 3. The van der Waals surface area contributed by atoms with E-state index >= 15 is 0 Å². The number of alkyl halides is 2. The molecule has 1 aliphatic rings. The molecule has 19 heavy (non-hydrogen) atoms. The topological polar surface area (TPSA) is 12.5 Å². The Morgan fingerprint density at radius 2 is 2.16 bits per heavy atom. The zero-order chi connectivity index (χ0) is 14.0. The van der Waals surface area contributed by atoms with Gasteiger partial charge in [0.2, 0.25) is 0 Å². The van der Waals surface area contributed by atoms with Gasteiger partial charge in [0.25, 0.3) is 5.92 Å². The van der Waals surface area contributed by atoms with Crippen molar-refractivity contribution < 1.29 is 13.5 Å². The molecule has 0 amide bonds. The molecule has 2 nitrogen and oxygen atoms in total. The van der Waals surface area contributed by atoms with E-state index in [0.717, 1.165) is 11.3 Å². The zero-order valence-electron chi connectivity index (χ0n) is 11.1. The molecule has 1 atom stereocenters. The number of rotatable bonds is 6. The molecule has 0 radical (unpaired) electrons. The minimum Gasteiger partial charge on any atom is -0.496 e. The van der Waals surface area contributed by atoms with Gasteiger partial charge in [-0.25, -0.2) is 8.78 Å². The number of benzene rings is 1. The second-order valence-electron chi connectivity index (χ2n) is 5.14. The van der Waals surface area contributed by atoms with Crippen molar-refractivity contribution in [3.8, 4) is 5.75 Å². The smallest absolute Gasteiger partial charge is 0.251 e. The largest absolute Gasteiger partial charge is 0.496 e. The Hall–Kier alpha value is -0.870. The normalized spacial score (nSPS) is 20.6. The highest BCUT2D eigenvalue weighted by Gasteiger charge is 2.55. The molecule has 0 aromatic heterocycles. The number of methoxy groups -OCH3 is 1. The predicted octanol–water partition coefficient (Wildman–Crippen LogP) is 3.83. The maximum absolute atomic E-state index is 12.8. The number of hydrogen-bond acceptors (Lipinski definition) is 2. The van der Waals surface area contributed by atoms with Crippen LogP contribution < -0.4 is 4.74 Å². The van der Waals surface area contributed by atoms with Gasteiger partial charge in [0.15, 0.2) is 0 Å². The summed E-state index contributed by atoms with van der Waals surface area (Å²) in [5.41, 5.74) is 0.972. The Labute approximate surface area is 117 Å². The average Bonchev–Trinajstić information content (AvgIpc) is 2.95. The summed E-state index contributed by atoms with van der Waals surface area (Å²) in [6, 6.07) is 5.44. The summed E-state index contributed by atoms with van der Waals surface area (Å²) in [6.07, 6.45) is 0.577. The fraction of sp³-hybridized carbons (Fsp3) is 0.571. The van der Waals surface area contributed by atoms with Crippen molar-refractivity contribution in [2.75, 3.05) is 20.7 Å². The van der Waals surface area contributed by atoms with E-state index in [4.69, 9.17) is 16.3 Å². The molecule has 0 bridgehead atoms. The maximum atomic E-state index is 12.8. The van der Waals surface area contributed by atoms with Crippen LogP contribution in [0, 0.1) is 5.92 Å². The van der Waals surface area contributed by atoms with Crippen LogP contribution in [0.5, 0.6) is 5.75 Å². The van der Waals surface area contributed by atoms with Gasteiger partial charge in [-0.2, -0.15) is 0 Å². The molecular formula is C14H18ClF2NO. The lowest BCUT2D eigenvalue weighted by atomic mass is 10.2. The van der Waals surface area contributed by atoms with E-state index in [2.05, 4.69) is 0 Å². The minimum absolute atomic E-state index is 0.0430. The summed E-state index contributed by atoms with van der Waals surface area (Å²) in [6.45, 7) is 1.29. The molecule has 0 spiro atoms. The molecule has 2 rings (SSSR count). The van der Waals surface area contributed by atoms with Crippen LogP contribution in [0.25, 0.3) is 0 Å². The summed E-state index contributed by atoms with van der Waals surface area (Å²) in [7, 11) is 3.53. The van der Waals surface area contributed by atoms with Crippen molar-refractivity contribution in [2.45, 2.75) is 25.3 Å². The van der Waals surface area contributed by atoms with E-state index < -0.39 is 11.8 Å². The summed E-state index contributed by atoms with van der Waals surface area (Å²) in [5, 5.41) is 0.651. The second kappa shape index (κ2) is 5.63. The van der Waals surface area contributed by atoms with Crippen LogP contribution in [0.1, 0.15) is 18.4 Å². The van der Waals surface area contributed by atoms with Crippen LogP contribution in [0.3, 0.4) is 0 Å². The van der Waals surface area contributed by atoms with Gasteiger partial charge in [-0.3, -0.25) is 0 Å². The van der Waals surface area contributed by atoms with Gasteiger partial charge in [0.05, 0.1) is 7.11 Å². The molecule has 0 aliphatic heterocycles. The molecule has 0 N–H and O–H groups in total. The van der Waals surface area contributed by atoms with Crippen LogP contribution in [-0.4, -0.2) is 31.5 Å². The Bertz CT molecular complexity index is 453. The first-order valence-electron chi connectivity index (χ1n) is 6.31. The molecule has 0 saturated heterocycles. The van der Waals surface area contributed by atoms with Gasteiger partial charge in [-0.15, -0.1) is 0 Å². The molecule has 1 aromatic carbocycles. The van der Waals surface area contributed by atoms with Crippen LogP contribution >= 0.6 is 11.6 Å². The summed E-state index contributed by atoms with van der Waals surface area (Å²) in [4.78, 5) is 2.02. The van der Waals surface area contributed by atoms with E-state index in [1.807, 2.05) is 24.1 Å². The highest BCUT2D eigenvalue weighted by Crippen LogP contribution is 2.50. The minimum atomic E-state index is -2.42. The molecule has 0 heterocycles. The van der Waals surface area contributed by atoms with E-state index in [9.17, 15) is 8.78 Å². The monoisotopic (exact) mass is 289 g/mol. The highest BCUT2D eigenvalue weighted by atomic mass is 35.5. The van der Waals surface area contributed by atoms with Crippen molar-refractivity contribution in [3.63, 3.8) is 0 Å². The van der Waals surface area contributed by atoms with Crippen LogP contribution in [0.2, 0.25) is 5.02 Å². The Kier molecular flexibility index (Phi) is 4.31. The Morgan fingerprint density at radius 1 is 1.47 bits per heavy atom. The lowest BCUT2D eigenvalue weighted by molar-refractivity contribution is 0.0943. The number of hydrogen-bond donors (Lipinski definition) is 0. The molecule has 1 fully saturated rings. The second-order valence-corrected chi connectivity index (χ2v) is 5.58. The number of nitrogens with zero attached hydrogens (tertiary/aromatic N) is 1. The van der Waals surface area contributed by atoms with Gasteiger partial charge >= 0.3 is 0 Å². The van der Waals surface area contributed by atoms with E-state index in [1.54, 1.807) is 13.2 Å². The fourth-order valence-electron chi connectivity index (χ4n) is 2.20. The molecule has 1 unspecified atom stereocenters. The first kappa shape index (κ1) is 14.5. The van der Waals surface area contributed by atoms with Crippen LogP contribution in [0.4, 0.5) is 8.78 Å². The predicted molar refractivity (Wildman–Crippen MR) is 72.0 cm³/mol. The molecule has 1 saturated carbocycles. The first-order chi connectivity index (χ1) is 8.92. The number of ether oxygens (including phenoxy) is 1. The Morgan fingerprint density at radius 3 is 2.74 bits per heavy atom. The van der Waals surface area contributed by atoms with E-state index in [0.29, 0.717) is 24.5 Å². The summed E-state index contributed by atoms with van der Waals surface area (Å²) < 4.78 is 30.8. The molecule has 1 aliphatic carbocycles. The zero-order valence-corrected chi connectivity index (χ0v) is 11.9. The van der Waals surface area contributed by atoms with Crippen molar-refractivity contribution in [1.29, 1.82) is 0 Å². The molecule has 1 aromatic rings. The van der Waals surface area contributed by atoms with Gasteiger partial charge in [0.1, 0.15) is 5.75 Å². The maximum Gasteiger partial charge on any atom is 0.251 e. The molecular weight excluding hydrogens is 272 g/mol. The van der Waals surface area contributed by atoms with Crippen LogP contribution in [0.15, 0.2) is 18.2 Å². The van der Waals surface area contributed by atoms with Crippen molar-refractivity contribution >= 4 is 11.6 Å². The molecule has 106 valence electrons. The molecule has 5 heteroatoms. The third-order valence-electron chi connectivity index (χ3n) is 3.50. The van der Waals surface area contributed by atoms with E-state index in [-0.39, 0.29) is 6.42 Å². The van der Waals surface area contributed by atoms with Crippen LogP contribution in [-0.2, 0) is 6.54 Å². The summed E-state index contributed by atoms with van der Waals surface area (Å²) >= 11 is 5.96. The third-order valence-corrected chi connectivity index (χ3v) is 3.73. The first-order valence-corrected chi connectivity index (χ1v) is 6.69. The van der Waals surface area contributed by atoms with Gasteiger partial charge < -0.3 is 9.64 Å². The van der Waals surface area contributed by atoms with Gasteiger partial charge in [0, 0.05) is 29.5 Å². The lowest BCUT2D eigenvalue weighted by Gasteiger charge is -2.18. The average molecular weight is 290 g/mol.